The number of hydrogen-bond acceptors (Lipinski definition) is 2. The van der Waals surface area contributed by atoms with Crippen molar-refractivity contribution >= 4 is 0 Å². The van der Waals surface area contributed by atoms with Crippen molar-refractivity contribution in [1.29, 1.82) is 0 Å². The van der Waals surface area contributed by atoms with Gasteiger partial charge in [-0.25, -0.2) is 0 Å². The van der Waals surface area contributed by atoms with E-state index < -0.39 is 0 Å². The van der Waals surface area contributed by atoms with E-state index in [2.05, 4.69) is 24.1 Å². The lowest BCUT2D eigenvalue weighted by Crippen LogP contribution is -2.42. The highest BCUT2D eigenvalue weighted by molar-refractivity contribution is 4.87. The number of nitrogens with one attached hydrogen (secondary N) is 1. The molecule has 2 heteroatoms. The maximum atomic E-state index is 3.64. The molecule has 2 aliphatic rings. The molecule has 13 heavy (non-hydrogen) atoms. The van der Waals surface area contributed by atoms with Gasteiger partial charge in [0.05, 0.1) is 0 Å². The van der Waals surface area contributed by atoms with Crippen LogP contribution in [-0.2, 0) is 0 Å². The van der Waals surface area contributed by atoms with Crippen LogP contribution < -0.4 is 5.32 Å². The van der Waals surface area contributed by atoms with Gasteiger partial charge in [0.1, 0.15) is 0 Å². The quantitative estimate of drug-likeness (QED) is 0.710. The molecule has 0 aromatic heterocycles. The summed E-state index contributed by atoms with van der Waals surface area (Å²) < 4.78 is 0. The highest BCUT2D eigenvalue weighted by Crippen LogP contribution is 2.22. The molecule has 1 heterocycles. The van der Waals surface area contributed by atoms with E-state index in [0.29, 0.717) is 0 Å². The van der Waals surface area contributed by atoms with E-state index in [1.54, 1.807) is 0 Å². The van der Waals surface area contributed by atoms with Gasteiger partial charge < -0.3 is 5.32 Å². The van der Waals surface area contributed by atoms with E-state index in [1.807, 2.05) is 0 Å². The van der Waals surface area contributed by atoms with Gasteiger partial charge in [-0.05, 0) is 46.1 Å². The fraction of sp³-hybridized carbons (Fsp3) is 1.00. The molecule has 2 nitrogen and oxygen atoms in total. The summed E-state index contributed by atoms with van der Waals surface area (Å²) in [5.74, 6) is 0. The van der Waals surface area contributed by atoms with Gasteiger partial charge in [-0.2, -0.15) is 0 Å². The van der Waals surface area contributed by atoms with E-state index >= 15 is 0 Å². The third-order valence-corrected chi connectivity index (χ3v) is 3.31. The first-order valence-electron chi connectivity index (χ1n) is 5.76. The largest absolute Gasteiger partial charge is 0.312 e. The molecular formula is C11H22N2. The Labute approximate surface area is 81.7 Å². The Bertz CT molecular complexity index is 163. The molecule has 2 fully saturated rings. The Morgan fingerprint density at radius 2 is 2.08 bits per heavy atom. The number of likely N-dealkylation sites (tertiary alicyclic amines) is 1. The summed E-state index contributed by atoms with van der Waals surface area (Å²) in [7, 11) is 0. The smallest absolute Gasteiger partial charge is 0.0223 e. The van der Waals surface area contributed by atoms with Gasteiger partial charge in [-0.15, -0.1) is 0 Å². The van der Waals surface area contributed by atoms with Crippen LogP contribution in [-0.4, -0.2) is 36.1 Å². The maximum absolute atomic E-state index is 3.64. The van der Waals surface area contributed by atoms with E-state index in [0.717, 1.165) is 18.1 Å². The molecule has 76 valence electrons. The zero-order chi connectivity index (χ0) is 9.26. The minimum Gasteiger partial charge on any atom is -0.312 e. The number of hydrogen-bond donors (Lipinski definition) is 1. The van der Waals surface area contributed by atoms with Crippen LogP contribution in [0, 0.1) is 0 Å². The summed E-state index contributed by atoms with van der Waals surface area (Å²) in [6.07, 6.45) is 5.62. The average Bonchev–Trinajstić information content (AvgIpc) is 2.79. The molecule has 0 aromatic rings. The summed E-state index contributed by atoms with van der Waals surface area (Å²) >= 11 is 0. The standard InChI is InChI=1S/C11H22N2/c1-9(2)13-7-3-4-11(13)8-12-10-5-6-10/h9-12H,3-8H2,1-2H3. The van der Waals surface area contributed by atoms with Gasteiger partial charge in [0.15, 0.2) is 0 Å². The minimum atomic E-state index is 0.730. The van der Waals surface area contributed by atoms with E-state index in [4.69, 9.17) is 0 Å². The fourth-order valence-corrected chi connectivity index (χ4v) is 2.35. The molecule has 2 rings (SSSR count). The van der Waals surface area contributed by atoms with Crippen LogP contribution >= 0.6 is 0 Å². The molecule has 1 N–H and O–H groups in total. The molecule has 0 bridgehead atoms. The lowest BCUT2D eigenvalue weighted by Gasteiger charge is -2.28. The zero-order valence-electron chi connectivity index (χ0n) is 8.92. The van der Waals surface area contributed by atoms with Crippen molar-refractivity contribution in [3.8, 4) is 0 Å². The third-order valence-electron chi connectivity index (χ3n) is 3.31. The Morgan fingerprint density at radius 3 is 2.69 bits per heavy atom. The summed E-state index contributed by atoms with van der Waals surface area (Å²) in [5, 5.41) is 3.64. The Hall–Kier alpha value is -0.0800. The molecule has 0 aromatic carbocycles. The summed E-state index contributed by atoms with van der Waals surface area (Å²) in [4.78, 5) is 2.65. The van der Waals surface area contributed by atoms with Crippen molar-refractivity contribution in [1.82, 2.24) is 10.2 Å². The van der Waals surface area contributed by atoms with E-state index in [-0.39, 0.29) is 0 Å². The Balaban J connectivity index is 1.75. The van der Waals surface area contributed by atoms with Crippen molar-refractivity contribution in [3.63, 3.8) is 0 Å². The molecule has 1 atom stereocenters. The SMILES string of the molecule is CC(C)N1CCCC1CNC1CC1. The van der Waals surface area contributed by atoms with Crippen LogP contribution in [0.15, 0.2) is 0 Å². The average molecular weight is 182 g/mol. The molecule has 1 saturated heterocycles. The lowest BCUT2D eigenvalue weighted by molar-refractivity contribution is 0.199. The lowest BCUT2D eigenvalue weighted by atomic mass is 10.2. The molecule has 1 unspecified atom stereocenters. The molecule has 0 radical (unpaired) electrons. The second-order valence-electron chi connectivity index (χ2n) is 4.81. The number of rotatable bonds is 4. The first-order valence-corrected chi connectivity index (χ1v) is 5.76. The highest BCUT2D eigenvalue weighted by atomic mass is 15.2. The second kappa shape index (κ2) is 3.97. The van der Waals surface area contributed by atoms with Crippen LogP contribution in [0.3, 0.4) is 0 Å². The van der Waals surface area contributed by atoms with Gasteiger partial charge in [-0.3, -0.25) is 4.90 Å². The Kier molecular flexibility index (Phi) is 2.89. The van der Waals surface area contributed by atoms with Gasteiger partial charge in [0.2, 0.25) is 0 Å². The van der Waals surface area contributed by atoms with Crippen molar-refractivity contribution in [3.05, 3.63) is 0 Å². The molecule has 1 aliphatic heterocycles. The van der Waals surface area contributed by atoms with Crippen LogP contribution in [0.5, 0.6) is 0 Å². The molecular weight excluding hydrogens is 160 g/mol. The Morgan fingerprint density at radius 1 is 1.31 bits per heavy atom. The summed E-state index contributed by atoms with van der Waals surface area (Å²) in [5.41, 5.74) is 0. The number of nitrogens with zero attached hydrogens (tertiary/aromatic N) is 1. The van der Waals surface area contributed by atoms with Crippen LogP contribution in [0.4, 0.5) is 0 Å². The summed E-state index contributed by atoms with van der Waals surface area (Å²) in [6, 6.07) is 2.42. The second-order valence-corrected chi connectivity index (χ2v) is 4.81. The molecule has 0 amide bonds. The van der Waals surface area contributed by atoms with Crippen molar-refractivity contribution in [2.75, 3.05) is 13.1 Å². The van der Waals surface area contributed by atoms with Crippen molar-refractivity contribution < 1.29 is 0 Å². The van der Waals surface area contributed by atoms with Gasteiger partial charge in [-0.1, -0.05) is 0 Å². The summed E-state index contributed by atoms with van der Waals surface area (Å²) in [6.45, 7) is 7.17. The van der Waals surface area contributed by atoms with Gasteiger partial charge in [0.25, 0.3) is 0 Å². The molecule has 1 saturated carbocycles. The van der Waals surface area contributed by atoms with Crippen LogP contribution in [0.1, 0.15) is 39.5 Å². The first kappa shape index (κ1) is 9.47. The predicted octanol–water partition coefficient (Wildman–Crippen LogP) is 1.61. The zero-order valence-corrected chi connectivity index (χ0v) is 8.92. The monoisotopic (exact) mass is 182 g/mol. The highest BCUT2D eigenvalue weighted by Gasteiger charge is 2.28. The first-order chi connectivity index (χ1) is 6.27. The molecule has 0 spiro atoms. The van der Waals surface area contributed by atoms with E-state index in [9.17, 15) is 0 Å². The fourth-order valence-electron chi connectivity index (χ4n) is 2.35. The van der Waals surface area contributed by atoms with Crippen molar-refractivity contribution in [2.45, 2.75) is 57.7 Å². The van der Waals surface area contributed by atoms with Gasteiger partial charge in [0, 0.05) is 24.7 Å². The van der Waals surface area contributed by atoms with Crippen LogP contribution in [0.2, 0.25) is 0 Å². The van der Waals surface area contributed by atoms with E-state index in [1.165, 1.54) is 38.8 Å². The van der Waals surface area contributed by atoms with Crippen LogP contribution in [0.25, 0.3) is 0 Å². The normalized spacial score (nSPS) is 30.2. The van der Waals surface area contributed by atoms with Gasteiger partial charge >= 0.3 is 0 Å². The minimum absolute atomic E-state index is 0.730. The topological polar surface area (TPSA) is 15.3 Å². The predicted molar refractivity (Wildman–Crippen MR) is 55.9 cm³/mol. The van der Waals surface area contributed by atoms with Crippen molar-refractivity contribution in [2.24, 2.45) is 0 Å². The third kappa shape index (κ3) is 2.44. The maximum Gasteiger partial charge on any atom is 0.0223 e. The molecule has 1 aliphatic carbocycles.